The van der Waals surface area contributed by atoms with Crippen molar-refractivity contribution in [3.8, 4) is 0 Å². The molecule has 2 saturated heterocycles. The topological polar surface area (TPSA) is 72.9 Å². The molecule has 0 saturated carbocycles. The van der Waals surface area contributed by atoms with Crippen molar-refractivity contribution in [1.82, 2.24) is 9.80 Å². The molecule has 3 aromatic carbocycles. The lowest BCUT2D eigenvalue weighted by Crippen LogP contribution is -2.32. The van der Waals surface area contributed by atoms with E-state index in [1.807, 2.05) is 0 Å². The van der Waals surface area contributed by atoms with E-state index < -0.39 is 70.7 Å². The zero-order valence-corrected chi connectivity index (χ0v) is 26.7. The Morgan fingerprint density at radius 1 is 0.729 bits per heavy atom. The third kappa shape index (κ3) is 7.92. The van der Waals surface area contributed by atoms with E-state index in [9.17, 15) is 49.8 Å². The number of carbonyl (C=O) groups is 2. The molecule has 16 heteroatoms. The minimum atomic E-state index is -4.47. The molecule has 2 aliphatic rings. The maximum Gasteiger partial charge on any atom is 0.416 e. The number of hydrogen-bond donors (Lipinski definition) is 2. The smallest absolute Gasteiger partial charge is 0.416 e. The molecule has 0 aromatic heterocycles. The number of nitrogens with one attached hydrogen (secondary N) is 1. The second-order valence-corrected chi connectivity index (χ2v) is 12.1. The Hall–Kier alpha value is -4.18. The van der Waals surface area contributed by atoms with Gasteiger partial charge in [-0.3, -0.25) is 9.59 Å². The molecule has 0 aliphatic carbocycles. The Balaban J connectivity index is 0.000000229. The van der Waals surface area contributed by atoms with Gasteiger partial charge in [-0.1, -0.05) is 54.8 Å². The lowest BCUT2D eigenvalue weighted by molar-refractivity contribution is -0.140. The van der Waals surface area contributed by atoms with Gasteiger partial charge in [-0.2, -0.15) is 26.3 Å². The number of likely N-dealkylation sites (tertiary alicyclic amines) is 2. The van der Waals surface area contributed by atoms with E-state index in [0.717, 1.165) is 30.3 Å². The van der Waals surface area contributed by atoms with Crippen molar-refractivity contribution >= 4 is 52.0 Å². The first-order chi connectivity index (χ1) is 22.3. The van der Waals surface area contributed by atoms with Crippen LogP contribution >= 0.6 is 24.4 Å². The molecular weight excluding hydrogens is 690 g/mol. The molecule has 0 radical (unpaired) electrons. The van der Waals surface area contributed by atoms with Crippen LogP contribution in [-0.2, 0) is 21.9 Å². The van der Waals surface area contributed by atoms with Crippen molar-refractivity contribution in [2.24, 2.45) is 11.8 Å². The Bertz CT molecular complexity index is 1700. The molecule has 1 amide bonds. The van der Waals surface area contributed by atoms with Crippen LogP contribution in [0, 0.1) is 23.5 Å². The fourth-order valence-electron chi connectivity index (χ4n) is 5.62. The molecule has 0 bridgehead atoms. The number of carboxylic acid groups (broad SMARTS) is 1. The van der Waals surface area contributed by atoms with Gasteiger partial charge in [-0.15, -0.1) is 0 Å². The highest BCUT2D eigenvalue weighted by atomic mass is 32.1. The number of hydrogen-bond acceptors (Lipinski definition) is 4. The average molecular weight is 718 g/mol. The average Bonchev–Trinajstić information content (AvgIpc) is 3.49. The third-order valence-electron chi connectivity index (χ3n) is 8.12. The predicted octanol–water partition coefficient (Wildman–Crippen LogP) is 7.36. The van der Waals surface area contributed by atoms with Gasteiger partial charge in [0.05, 0.1) is 32.7 Å². The number of benzene rings is 3. The van der Waals surface area contributed by atoms with Crippen molar-refractivity contribution < 1.29 is 49.8 Å². The summed E-state index contributed by atoms with van der Waals surface area (Å²) in [5.41, 5.74) is -0.819. The number of aliphatic carboxylic acids is 1. The number of anilines is 1. The molecule has 6 nitrogen and oxygen atoms in total. The molecule has 3 aromatic rings. The number of alkyl halides is 6. The second kappa shape index (κ2) is 14.1. The number of carboxylic acids is 1. The number of halogens is 8. The number of nitrogens with zero attached hydrogens (tertiary/aromatic N) is 2. The first-order valence-electron chi connectivity index (χ1n) is 14.1. The quantitative estimate of drug-likeness (QED) is 0.211. The molecular formula is C32H27F8N3O3S2. The summed E-state index contributed by atoms with van der Waals surface area (Å²) >= 11 is 10.4. The summed E-state index contributed by atoms with van der Waals surface area (Å²) in [4.78, 5) is 27.9. The Labute approximate surface area is 280 Å². The lowest BCUT2D eigenvalue weighted by atomic mass is 9.87. The standard InChI is InChI=1S/C19H15F5N2OS.C13H12F3NO2S/c1-26-9-12(10-5-7-11(8-6-10)19(22,23)24)15(18(26)28)17(27)25-14-4-2-3-13(20)16(14)21;1-17-6-9(10(11(17)20)12(18)19)7-2-4-8(5-3-7)13(14,15)16/h2-8,12,15H,9H2,1H3,(H,25,27);2-5,9-10H,6H2,1H3,(H,18,19)/t12-,15+;9-,10-/m11/s1. The summed E-state index contributed by atoms with van der Waals surface area (Å²) in [5.74, 6) is -6.72. The number of amides is 1. The highest BCUT2D eigenvalue weighted by molar-refractivity contribution is 7.80. The van der Waals surface area contributed by atoms with Gasteiger partial charge in [0.1, 0.15) is 5.92 Å². The number of rotatable bonds is 5. The number of likely N-dealkylation sites (N-methyl/N-ethyl adjacent to an activating group) is 2. The minimum absolute atomic E-state index is 0.277. The maximum absolute atomic E-state index is 13.9. The van der Waals surface area contributed by atoms with Crippen LogP contribution in [0.3, 0.4) is 0 Å². The third-order valence-corrected chi connectivity index (χ3v) is 9.25. The van der Waals surface area contributed by atoms with Crippen LogP contribution in [-0.4, -0.2) is 63.9 Å². The van der Waals surface area contributed by atoms with Gasteiger partial charge in [0, 0.05) is 39.0 Å². The van der Waals surface area contributed by atoms with Crippen LogP contribution in [0.4, 0.5) is 40.8 Å². The molecule has 48 heavy (non-hydrogen) atoms. The normalized spacial score (nSPS) is 21.2. The number of carbonyl (C=O) groups excluding carboxylic acids is 1. The SMILES string of the molecule is CN1C[C@H](c2ccc(C(F)(F)F)cc2)[C@@H](C(=O)Nc2cccc(F)c2F)C1=S.CN1C[C@H](c2ccc(C(F)(F)F)cc2)[C@@H](C(=O)O)C1=S. The van der Waals surface area contributed by atoms with Crippen molar-refractivity contribution in [1.29, 1.82) is 0 Å². The maximum atomic E-state index is 13.9. The van der Waals surface area contributed by atoms with Gasteiger partial charge in [0.25, 0.3) is 0 Å². The lowest BCUT2D eigenvalue weighted by Gasteiger charge is -2.19. The van der Waals surface area contributed by atoms with Gasteiger partial charge >= 0.3 is 18.3 Å². The van der Waals surface area contributed by atoms with Crippen molar-refractivity contribution in [3.05, 3.63) is 101 Å². The largest absolute Gasteiger partial charge is 0.481 e. The summed E-state index contributed by atoms with van der Waals surface area (Å²) in [6.45, 7) is 0.703. The molecule has 4 atom stereocenters. The fraction of sp³-hybridized carbons (Fsp3) is 0.312. The van der Waals surface area contributed by atoms with Crippen LogP contribution in [0.25, 0.3) is 0 Å². The monoisotopic (exact) mass is 717 g/mol. The second-order valence-electron chi connectivity index (χ2n) is 11.3. The summed E-state index contributed by atoms with van der Waals surface area (Å²) in [5, 5.41) is 11.6. The first kappa shape index (κ1) is 36.7. The van der Waals surface area contributed by atoms with Crippen LogP contribution < -0.4 is 5.32 Å². The molecule has 0 spiro atoms. The van der Waals surface area contributed by atoms with Gasteiger partial charge in [0.2, 0.25) is 5.91 Å². The van der Waals surface area contributed by atoms with Crippen LogP contribution in [0.5, 0.6) is 0 Å². The molecule has 2 heterocycles. The van der Waals surface area contributed by atoms with E-state index in [1.165, 1.54) is 36.4 Å². The number of thiocarbonyl (C=S) groups is 2. The molecule has 5 rings (SSSR count). The fourth-order valence-corrected chi connectivity index (χ4v) is 6.30. The highest BCUT2D eigenvalue weighted by Crippen LogP contribution is 2.38. The molecule has 2 N–H and O–H groups in total. The van der Waals surface area contributed by atoms with Gasteiger partial charge in [0.15, 0.2) is 11.6 Å². The Kier molecular flexibility index (Phi) is 10.8. The summed E-state index contributed by atoms with van der Waals surface area (Å²) < 4.78 is 103. The molecule has 0 unspecified atom stereocenters. The first-order valence-corrected chi connectivity index (χ1v) is 14.9. The molecule has 2 fully saturated rings. The van der Waals surface area contributed by atoms with Gasteiger partial charge in [-0.25, -0.2) is 8.78 Å². The van der Waals surface area contributed by atoms with Crippen LogP contribution in [0.1, 0.15) is 34.1 Å². The Morgan fingerprint density at radius 2 is 1.15 bits per heavy atom. The van der Waals surface area contributed by atoms with Crippen LogP contribution in [0.15, 0.2) is 66.7 Å². The van der Waals surface area contributed by atoms with Crippen LogP contribution in [0.2, 0.25) is 0 Å². The Morgan fingerprint density at radius 3 is 1.56 bits per heavy atom. The van der Waals surface area contributed by atoms with E-state index in [0.29, 0.717) is 29.2 Å². The van der Waals surface area contributed by atoms with Gasteiger partial charge < -0.3 is 20.2 Å². The van der Waals surface area contributed by atoms with E-state index >= 15 is 0 Å². The highest BCUT2D eigenvalue weighted by Gasteiger charge is 2.43. The summed E-state index contributed by atoms with van der Waals surface area (Å²) in [6.07, 6.45) is -8.86. The van der Waals surface area contributed by atoms with E-state index in [2.05, 4.69) is 5.32 Å². The van der Waals surface area contributed by atoms with Gasteiger partial charge in [-0.05, 0) is 47.5 Å². The van der Waals surface area contributed by atoms with Crippen molar-refractivity contribution in [3.63, 3.8) is 0 Å². The molecule has 256 valence electrons. The summed E-state index contributed by atoms with van der Waals surface area (Å²) in [6, 6.07) is 12.5. The molecule has 2 aliphatic heterocycles. The summed E-state index contributed by atoms with van der Waals surface area (Å²) in [7, 11) is 3.35. The van der Waals surface area contributed by atoms with E-state index in [-0.39, 0.29) is 10.7 Å². The zero-order chi connectivity index (χ0) is 35.7. The minimum Gasteiger partial charge on any atom is -0.481 e. The van der Waals surface area contributed by atoms with E-state index in [1.54, 1.807) is 23.9 Å². The van der Waals surface area contributed by atoms with E-state index in [4.69, 9.17) is 24.4 Å². The van der Waals surface area contributed by atoms with Crippen molar-refractivity contribution in [2.75, 3.05) is 32.5 Å². The zero-order valence-electron chi connectivity index (χ0n) is 25.1. The van der Waals surface area contributed by atoms with Crippen molar-refractivity contribution in [2.45, 2.75) is 24.2 Å². The predicted molar refractivity (Wildman–Crippen MR) is 168 cm³/mol.